The standard InChI is InChI=1S/C7H7ClN4O/c1-12-2-4(13)11-5-6(8)9-3-10-7(5)12/h3H,2H2,1H3,(H,11,13). The Morgan fingerprint density at radius 3 is 3.15 bits per heavy atom. The van der Waals surface area contributed by atoms with Crippen LogP contribution in [0.1, 0.15) is 0 Å². The molecule has 6 heteroatoms. The van der Waals surface area contributed by atoms with Crippen LogP contribution in [0, 0.1) is 0 Å². The van der Waals surface area contributed by atoms with E-state index in [1.807, 2.05) is 0 Å². The number of anilines is 2. The van der Waals surface area contributed by atoms with E-state index in [9.17, 15) is 4.79 Å². The van der Waals surface area contributed by atoms with Crippen molar-refractivity contribution in [2.45, 2.75) is 0 Å². The van der Waals surface area contributed by atoms with E-state index >= 15 is 0 Å². The Bertz CT molecular complexity index is 368. The van der Waals surface area contributed by atoms with Crippen LogP contribution in [0.5, 0.6) is 0 Å². The van der Waals surface area contributed by atoms with E-state index in [0.29, 0.717) is 18.1 Å². The van der Waals surface area contributed by atoms with E-state index in [4.69, 9.17) is 11.6 Å². The average Bonchev–Trinajstić information content (AvgIpc) is 2.07. The number of nitrogens with one attached hydrogen (secondary N) is 1. The molecule has 2 heterocycles. The Kier molecular flexibility index (Phi) is 1.81. The highest BCUT2D eigenvalue weighted by molar-refractivity contribution is 6.33. The fraction of sp³-hybridized carbons (Fsp3) is 0.286. The molecule has 1 N–H and O–H groups in total. The maximum atomic E-state index is 11.1. The average molecular weight is 199 g/mol. The molecule has 0 saturated heterocycles. The minimum Gasteiger partial charge on any atom is -0.348 e. The van der Waals surface area contributed by atoms with Gasteiger partial charge in [0.1, 0.15) is 12.0 Å². The minimum absolute atomic E-state index is 0.105. The molecule has 0 saturated carbocycles. The predicted octanol–water partition coefficient (Wildman–Crippen LogP) is 0.518. The van der Waals surface area contributed by atoms with Gasteiger partial charge < -0.3 is 10.2 Å². The zero-order valence-electron chi connectivity index (χ0n) is 6.91. The van der Waals surface area contributed by atoms with Crippen molar-refractivity contribution in [3.8, 4) is 0 Å². The molecule has 0 fully saturated rings. The van der Waals surface area contributed by atoms with Gasteiger partial charge in [-0.2, -0.15) is 0 Å². The van der Waals surface area contributed by atoms with Crippen molar-refractivity contribution < 1.29 is 4.79 Å². The lowest BCUT2D eigenvalue weighted by atomic mass is 10.3. The number of hydrogen-bond donors (Lipinski definition) is 1. The van der Waals surface area contributed by atoms with Gasteiger partial charge in [0, 0.05) is 7.05 Å². The molecule has 1 aliphatic heterocycles. The van der Waals surface area contributed by atoms with E-state index in [0.717, 1.165) is 0 Å². The number of aromatic nitrogens is 2. The molecule has 0 aromatic carbocycles. The Morgan fingerprint density at radius 2 is 2.38 bits per heavy atom. The molecular formula is C7H7ClN4O. The maximum Gasteiger partial charge on any atom is 0.244 e. The van der Waals surface area contributed by atoms with Crippen molar-refractivity contribution in [1.29, 1.82) is 0 Å². The predicted molar refractivity (Wildman–Crippen MR) is 48.9 cm³/mol. The van der Waals surface area contributed by atoms with Crippen LogP contribution in [0.25, 0.3) is 0 Å². The van der Waals surface area contributed by atoms with E-state index in [2.05, 4.69) is 15.3 Å². The smallest absolute Gasteiger partial charge is 0.244 e. The number of halogens is 1. The first kappa shape index (κ1) is 8.25. The SMILES string of the molecule is CN1CC(=O)Nc2c(Cl)ncnc21. The third-order valence-corrected chi connectivity index (χ3v) is 2.07. The fourth-order valence-corrected chi connectivity index (χ4v) is 1.40. The van der Waals surface area contributed by atoms with Crippen LogP contribution in [-0.4, -0.2) is 29.5 Å². The molecule has 1 aromatic rings. The highest BCUT2D eigenvalue weighted by atomic mass is 35.5. The molecule has 68 valence electrons. The Balaban J connectivity index is 2.54. The van der Waals surface area contributed by atoms with Crippen molar-refractivity contribution in [3.63, 3.8) is 0 Å². The monoisotopic (exact) mass is 198 g/mol. The molecule has 0 atom stereocenters. The highest BCUT2D eigenvalue weighted by Crippen LogP contribution is 2.30. The van der Waals surface area contributed by atoms with E-state index in [1.54, 1.807) is 11.9 Å². The van der Waals surface area contributed by atoms with Gasteiger partial charge in [-0.15, -0.1) is 0 Å². The van der Waals surface area contributed by atoms with Gasteiger partial charge >= 0.3 is 0 Å². The zero-order valence-corrected chi connectivity index (χ0v) is 7.67. The van der Waals surface area contributed by atoms with E-state index in [-0.39, 0.29) is 11.1 Å². The van der Waals surface area contributed by atoms with Crippen molar-refractivity contribution >= 4 is 29.0 Å². The van der Waals surface area contributed by atoms with Gasteiger partial charge in [0.15, 0.2) is 11.0 Å². The first-order chi connectivity index (χ1) is 6.18. The quantitative estimate of drug-likeness (QED) is 0.618. The van der Waals surface area contributed by atoms with Crippen molar-refractivity contribution in [3.05, 3.63) is 11.5 Å². The summed E-state index contributed by atoms with van der Waals surface area (Å²) in [5.74, 6) is 0.548. The Morgan fingerprint density at radius 1 is 1.62 bits per heavy atom. The number of amides is 1. The second-order valence-corrected chi connectivity index (χ2v) is 3.13. The first-order valence-corrected chi connectivity index (χ1v) is 4.08. The molecule has 0 aliphatic carbocycles. The van der Waals surface area contributed by atoms with Crippen molar-refractivity contribution in [1.82, 2.24) is 9.97 Å². The third kappa shape index (κ3) is 1.31. The van der Waals surface area contributed by atoms with Crippen LogP contribution in [0.3, 0.4) is 0 Å². The normalized spacial score (nSPS) is 15.2. The summed E-state index contributed by atoms with van der Waals surface area (Å²) in [7, 11) is 1.78. The van der Waals surface area contributed by atoms with Gasteiger partial charge in [-0.25, -0.2) is 9.97 Å². The van der Waals surface area contributed by atoms with Gasteiger partial charge in [0.2, 0.25) is 5.91 Å². The van der Waals surface area contributed by atoms with Crippen LogP contribution >= 0.6 is 11.6 Å². The number of fused-ring (bicyclic) bond motifs is 1. The second-order valence-electron chi connectivity index (χ2n) is 2.77. The Hall–Kier alpha value is -1.36. The van der Waals surface area contributed by atoms with Crippen molar-refractivity contribution in [2.75, 3.05) is 23.8 Å². The van der Waals surface area contributed by atoms with Crippen LogP contribution in [0.2, 0.25) is 5.15 Å². The maximum absolute atomic E-state index is 11.1. The summed E-state index contributed by atoms with van der Waals surface area (Å²) in [6.07, 6.45) is 1.37. The lowest BCUT2D eigenvalue weighted by Gasteiger charge is -2.25. The number of rotatable bonds is 0. The molecule has 13 heavy (non-hydrogen) atoms. The molecule has 5 nitrogen and oxygen atoms in total. The molecule has 0 bridgehead atoms. The van der Waals surface area contributed by atoms with Gasteiger partial charge in [-0.3, -0.25) is 4.79 Å². The molecule has 1 aromatic heterocycles. The van der Waals surface area contributed by atoms with E-state index in [1.165, 1.54) is 6.33 Å². The van der Waals surface area contributed by atoms with Crippen LogP contribution in [-0.2, 0) is 4.79 Å². The van der Waals surface area contributed by atoms with Crippen LogP contribution in [0.4, 0.5) is 11.5 Å². The molecule has 0 spiro atoms. The molecular weight excluding hydrogens is 192 g/mol. The first-order valence-electron chi connectivity index (χ1n) is 3.70. The number of carbonyl (C=O) groups excluding carboxylic acids is 1. The molecule has 2 rings (SSSR count). The minimum atomic E-state index is -0.105. The van der Waals surface area contributed by atoms with Gasteiger partial charge in [-0.1, -0.05) is 11.6 Å². The summed E-state index contributed by atoms with van der Waals surface area (Å²) in [6, 6.07) is 0. The van der Waals surface area contributed by atoms with Gasteiger partial charge in [0.05, 0.1) is 6.54 Å². The fourth-order valence-electron chi connectivity index (χ4n) is 1.22. The van der Waals surface area contributed by atoms with Crippen LogP contribution in [0.15, 0.2) is 6.33 Å². The largest absolute Gasteiger partial charge is 0.348 e. The zero-order chi connectivity index (χ0) is 9.42. The van der Waals surface area contributed by atoms with Crippen molar-refractivity contribution in [2.24, 2.45) is 0 Å². The summed E-state index contributed by atoms with van der Waals surface area (Å²) in [5.41, 5.74) is 0.489. The second kappa shape index (κ2) is 2.85. The number of carbonyl (C=O) groups is 1. The van der Waals surface area contributed by atoms with Gasteiger partial charge in [-0.05, 0) is 0 Å². The lowest BCUT2D eigenvalue weighted by molar-refractivity contribution is -0.115. The summed E-state index contributed by atoms with van der Waals surface area (Å²) >= 11 is 5.78. The summed E-state index contributed by atoms with van der Waals surface area (Å²) in [5, 5.41) is 2.89. The summed E-state index contributed by atoms with van der Waals surface area (Å²) in [6.45, 7) is 0.292. The number of likely N-dealkylation sites (N-methyl/N-ethyl adjacent to an activating group) is 1. The molecule has 0 unspecified atom stereocenters. The lowest BCUT2D eigenvalue weighted by Crippen LogP contribution is -2.36. The van der Waals surface area contributed by atoms with E-state index < -0.39 is 0 Å². The summed E-state index contributed by atoms with van der Waals surface area (Å²) in [4.78, 5) is 20.6. The molecule has 1 aliphatic rings. The summed E-state index contributed by atoms with van der Waals surface area (Å²) < 4.78 is 0. The highest BCUT2D eigenvalue weighted by Gasteiger charge is 2.22. The Labute approximate surface area is 79.7 Å². The molecule has 1 amide bonds. The van der Waals surface area contributed by atoms with Gasteiger partial charge in [0.25, 0.3) is 0 Å². The number of nitrogens with zero attached hydrogens (tertiary/aromatic N) is 3. The van der Waals surface area contributed by atoms with Crippen LogP contribution < -0.4 is 10.2 Å². The number of hydrogen-bond acceptors (Lipinski definition) is 4. The molecule has 0 radical (unpaired) electrons. The third-order valence-electron chi connectivity index (χ3n) is 1.79. The topological polar surface area (TPSA) is 58.1 Å².